The molecule has 0 bridgehead atoms. The predicted molar refractivity (Wildman–Crippen MR) is 65.0 cm³/mol. The Morgan fingerprint density at radius 1 is 1.17 bits per heavy atom. The number of hydrogen-bond donors (Lipinski definition) is 1. The quantitative estimate of drug-likeness (QED) is 0.714. The van der Waals surface area contributed by atoms with Gasteiger partial charge in [0.05, 0.1) is 7.11 Å². The second kappa shape index (κ2) is 3.95. The van der Waals surface area contributed by atoms with Crippen LogP contribution in [0.15, 0.2) is 30.6 Å². The normalized spacial score (nSPS) is 10.7. The fraction of sp³-hybridized carbons (Fsp3) is 0.0909. The number of aromatic nitrogens is 5. The highest BCUT2D eigenvalue weighted by Gasteiger charge is 2.09. The Bertz CT molecular complexity index is 690. The van der Waals surface area contributed by atoms with Crippen LogP contribution in [0.3, 0.4) is 0 Å². The van der Waals surface area contributed by atoms with E-state index in [0.29, 0.717) is 11.6 Å². The number of nitrogen functional groups attached to an aromatic ring is 1. The minimum Gasteiger partial charge on any atom is -0.497 e. The highest BCUT2D eigenvalue weighted by molar-refractivity contribution is 5.58. The van der Waals surface area contributed by atoms with Crippen LogP contribution < -0.4 is 10.5 Å². The summed E-state index contributed by atoms with van der Waals surface area (Å²) in [6, 6.07) is 7.43. The van der Waals surface area contributed by atoms with Crippen LogP contribution in [0.5, 0.6) is 5.75 Å². The van der Waals surface area contributed by atoms with Crippen molar-refractivity contribution in [3.63, 3.8) is 0 Å². The Labute approximate surface area is 102 Å². The van der Waals surface area contributed by atoms with E-state index in [1.54, 1.807) is 7.11 Å². The van der Waals surface area contributed by atoms with Crippen LogP contribution in [0, 0.1) is 0 Å². The van der Waals surface area contributed by atoms with Crippen molar-refractivity contribution in [3.8, 4) is 17.1 Å². The van der Waals surface area contributed by atoms with Gasteiger partial charge in [-0.25, -0.2) is 4.98 Å². The van der Waals surface area contributed by atoms with Gasteiger partial charge in [-0.15, -0.1) is 5.10 Å². The first kappa shape index (κ1) is 10.5. The Hall–Kier alpha value is -2.70. The van der Waals surface area contributed by atoms with E-state index in [1.807, 2.05) is 24.3 Å². The highest BCUT2D eigenvalue weighted by Crippen LogP contribution is 2.19. The molecular weight excluding hydrogens is 232 g/mol. The Kier molecular flexibility index (Phi) is 2.30. The molecule has 2 aromatic heterocycles. The van der Waals surface area contributed by atoms with Gasteiger partial charge in [0.15, 0.2) is 5.82 Å². The molecule has 0 unspecified atom stereocenters. The summed E-state index contributed by atoms with van der Waals surface area (Å²) in [5, 5.41) is 4.25. The number of rotatable bonds is 2. The molecule has 0 aliphatic carbocycles. The van der Waals surface area contributed by atoms with Crippen molar-refractivity contribution in [2.45, 2.75) is 0 Å². The molecule has 0 saturated carbocycles. The summed E-state index contributed by atoms with van der Waals surface area (Å²) in [5.41, 5.74) is 6.54. The number of methoxy groups -OCH3 is 1. The summed E-state index contributed by atoms with van der Waals surface area (Å²) < 4.78 is 6.50. The van der Waals surface area contributed by atoms with Crippen LogP contribution in [-0.2, 0) is 0 Å². The molecule has 2 N–H and O–H groups in total. The van der Waals surface area contributed by atoms with Gasteiger partial charge in [-0.2, -0.15) is 14.5 Å². The van der Waals surface area contributed by atoms with Gasteiger partial charge in [-0.05, 0) is 24.3 Å². The van der Waals surface area contributed by atoms with Gasteiger partial charge < -0.3 is 10.5 Å². The third kappa shape index (κ3) is 1.61. The van der Waals surface area contributed by atoms with Gasteiger partial charge in [0.2, 0.25) is 5.95 Å². The van der Waals surface area contributed by atoms with Crippen molar-refractivity contribution in [1.82, 2.24) is 24.6 Å². The van der Waals surface area contributed by atoms with E-state index >= 15 is 0 Å². The summed E-state index contributed by atoms with van der Waals surface area (Å²) in [5.74, 6) is 2.01. The lowest BCUT2D eigenvalue weighted by atomic mass is 10.2. The number of ether oxygens (including phenoxy) is 1. The maximum atomic E-state index is 5.68. The van der Waals surface area contributed by atoms with Gasteiger partial charge in [-0.1, -0.05) is 0 Å². The number of fused-ring (bicyclic) bond motifs is 1. The average molecular weight is 242 g/mol. The molecule has 0 amide bonds. The smallest absolute Gasteiger partial charge is 0.257 e. The maximum absolute atomic E-state index is 5.68. The lowest BCUT2D eigenvalue weighted by Crippen LogP contribution is -2.02. The summed E-state index contributed by atoms with van der Waals surface area (Å²) in [6.45, 7) is 0. The number of benzene rings is 1. The second-order valence-corrected chi connectivity index (χ2v) is 3.61. The zero-order valence-corrected chi connectivity index (χ0v) is 9.61. The Morgan fingerprint density at radius 2 is 1.94 bits per heavy atom. The van der Waals surface area contributed by atoms with Gasteiger partial charge in [0.25, 0.3) is 5.78 Å². The van der Waals surface area contributed by atoms with Crippen LogP contribution in [0.25, 0.3) is 17.2 Å². The third-order valence-electron chi connectivity index (χ3n) is 2.52. The molecule has 0 aliphatic heterocycles. The van der Waals surface area contributed by atoms with Crippen LogP contribution in [0.4, 0.5) is 5.95 Å². The van der Waals surface area contributed by atoms with Gasteiger partial charge >= 0.3 is 0 Å². The van der Waals surface area contributed by atoms with E-state index in [-0.39, 0.29) is 5.95 Å². The van der Waals surface area contributed by atoms with Gasteiger partial charge in [0, 0.05) is 5.56 Å². The van der Waals surface area contributed by atoms with Crippen molar-refractivity contribution in [3.05, 3.63) is 30.6 Å². The SMILES string of the molecule is COc1ccc(-c2nc3ncnc(N)n3n2)cc1. The lowest BCUT2D eigenvalue weighted by Gasteiger charge is -1.99. The van der Waals surface area contributed by atoms with Crippen molar-refractivity contribution < 1.29 is 4.74 Å². The minimum absolute atomic E-state index is 0.257. The number of hydrogen-bond acceptors (Lipinski definition) is 6. The summed E-state index contributed by atoms with van der Waals surface area (Å²) in [4.78, 5) is 12.1. The molecule has 3 aromatic rings. The van der Waals surface area contributed by atoms with E-state index in [4.69, 9.17) is 10.5 Å². The maximum Gasteiger partial charge on any atom is 0.257 e. The first-order valence-electron chi connectivity index (χ1n) is 5.25. The molecular formula is C11H10N6O. The standard InChI is InChI=1S/C11H10N6O/c1-18-8-4-2-7(3-5-8)9-15-11-14-6-13-10(12)17(11)16-9/h2-6H,1H3,(H2,12,13,14,15,16). The first-order chi connectivity index (χ1) is 8.78. The minimum atomic E-state index is 0.257. The van der Waals surface area contributed by atoms with Crippen molar-refractivity contribution in [2.24, 2.45) is 0 Å². The molecule has 0 radical (unpaired) electrons. The molecule has 7 nitrogen and oxygen atoms in total. The fourth-order valence-corrected chi connectivity index (χ4v) is 1.60. The van der Waals surface area contributed by atoms with E-state index < -0.39 is 0 Å². The van der Waals surface area contributed by atoms with Gasteiger partial charge in [0.1, 0.15) is 12.1 Å². The first-order valence-corrected chi connectivity index (χ1v) is 5.25. The topological polar surface area (TPSA) is 91.2 Å². The number of nitrogens with zero attached hydrogens (tertiary/aromatic N) is 5. The molecule has 0 spiro atoms. The Morgan fingerprint density at radius 3 is 2.61 bits per heavy atom. The second-order valence-electron chi connectivity index (χ2n) is 3.61. The van der Waals surface area contributed by atoms with E-state index in [9.17, 15) is 0 Å². The van der Waals surface area contributed by atoms with Crippen molar-refractivity contribution in [2.75, 3.05) is 12.8 Å². The van der Waals surface area contributed by atoms with Crippen molar-refractivity contribution in [1.29, 1.82) is 0 Å². The molecule has 0 saturated heterocycles. The predicted octanol–water partition coefficient (Wildman–Crippen LogP) is 0.777. The van der Waals surface area contributed by atoms with Crippen LogP contribution in [0.1, 0.15) is 0 Å². The summed E-state index contributed by atoms with van der Waals surface area (Å²) in [6.07, 6.45) is 1.36. The Balaban J connectivity index is 2.10. The third-order valence-corrected chi connectivity index (χ3v) is 2.52. The molecule has 7 heteroatoms. The molecule has 0 aliphatic rings. The zero-order valence-electron chi connectivity index (χ0n) is 9.61. The molecule has 18 heavy (non-hydrogen) atoms. The lowest BCUT2D eigenvalue weighted by molar-refractivity contribution is 0.415. The fourth-order valence-electron chi connectivity index (χ4n) is 1.60. The summed E-state index contributed by atoms with van der Waals surface area (Å²) >= 11 is 0. The van der Waals surface area contributed by atoms with Crippen LogP contribution in [0.2, 0.25) is 0 Å². The molecule has 2 heterocycles. The number of anilines is 1. The zero-order chi connectivity index (χ0) is 12.5. The molecule has 0 atom stereocenters. The summed E-state index contributed by atoms with van der Waals surface area (Å²) in [7, 11) is 1.62. The van der Waals surface area contributed by atoms with E-state index in [0.717, 1.165) is 11.3 Å². The van der Waals surface area contributed by atoms with Crippen LogP contribution in [-0.4, -0.2) is 31.7 Å². The van der Waals surface area contributed by atoms with Crippen molar-refractivity contribution >= 4 is 11.7 Å². The highest BCUT2D eigenvalue weighted by atomic mass is 16.5. The van der Waals surface area contributed by atoms with Gasteiger partial charge in [-0.3, -0.25) is 0 Å². The largest absolute Gasteiger partial charge is 0.497 e. The molecule has 0 fully saturated rings. The average Bonchev–Trinajstić information content (AvgIpc) is 2.84. The molecule has 90 valence electrons. The monoisotopic (exact) mass is 242 g/mol. The molecule has 3 rings (SSSR count). The number of nitrogens with two attached hydrogens (primary N) is 1. The van der Waals surface area contributed by atoms with E-state index in [2.05, 4.69) is 20.1 Å². The van der Waals surface area contributed by atoms with Crippen LogP contribution >= 0.6 is 0 Å². The van der Waals surface area contributed by atoms with E-state index in [1.165, 1.54) is 10.8 Å². The molecule has 1 aromatic carbocycles.